The van der Waals surface area contributed by atoms with Gasteiger partial charge in [-0.05, 0) is 24.8 Å². The number of benzene rings is 1. The number of carbonyl (C=O) groups excluding carboxylic acids is 2. The maximum atomic E-state index is 12.1. The summed E-state index contributed by atoms with van der Waals surface area (Å²) in [6.07, 6.45) is 2.22. The second kappa shape index (κ2) is 5.91. The number of ether oxygens (including phenoxy) is 1. The van der Waals surface area contributed by atoms with Gasteiger partial charge in [0.1, 0.15) is 5.60 Å². The molecule has 5 nitrogen and oxygen atoms in total. The zero-order chi connectivity index (χ0) is 16.6. The van der Waals surface area contributed by atoms with Crippen LogP contribution in [0.5, 0.6) is 0 Å². The second-order valence-corrected chi connectivity index (χ2v) is 6.38. The van der Waals surface area contributed by atoms with Crippen molar-refractivity contribution >= 4 is 11.8 Å². The Bertz CT molecular complexity index is 654. The molecule has 122 valence electrons. The van der Waals surface area contributed by atoms with Crippen molar-refractivity contribution in [1.29, 1.82) is 0 Å². The van der Waals surface area contributed by atoms with E-state index in [9.17, 15) is 14.7 Å². The minimum atomic E-state index is -1.53. The maximum Gasteiger partial charge on any atom is 0.335 e. The van der Waals surface area contributed by atoms with Gasteiger partial charge in [0.2, 0.25) is 0 Å². The quantitative estimate of drug-likeness (QED) is 0.849. The molecule has 3 unspecified atom stereocenters. The van der Waals surface area contributed by atoms with Gasteiger partial charge in [-0.2, -0.15) is 0 Å². The highest BCUT2D eigenvalue weighted by Crippen LogP contribution is 2.42. The van der Waals surface area contributed by atoms with Gasteiger partial charge in [-0.15, -0.1) is 0 Å². The predicted octanol–water partition coefficient (Wildman–Crippen LogP) is 1.31. The number of Topliss-reactive ketones (excluding diaryl/α,β-unsaturated/α-hetero) is 1. The lowest BCUT2D eigenvalue weighted by molar-refractivity contribution is -0.156. The molecule has 1 aromatic rings. The maximum absolute atomic E-state index is 12.1. The largest absolute Gasteiger partial charge is 0.466 e. The van der Waals surface area contributed by atoms with Gasteiger partial charge in [-0.1, -0.05) is 36.4 Å². The topological polar surface area (TPSA) is 66.8 Å². The lowest BCUT2D eigenvalue weighted by atomic mass is 9.68. The molecular formula is C18H21NO4. The van der Waals surface area contributed by atoms with E-state index < -0.39 is 17.6 Å². The monoisotopic (exact) mass is 315 g/mol. The smallest absolute Gasteiger partial charge is 0.335 e. The summed E-state index contributed by atoms with van der Waals surface area (Å²) in [4.78, 5) is 26.2. The lowest BCUT2D eigenvalue weighted by Crippen LogP contribution is -2.66. The summed E-state index contributed by atoms with van der Waals surface area (Å²) in [7, 11) is 1.32. The third-order valence-electron chi connectivity index (χ3n) is 4.83. The van der Waals surface area contributed by atoms with Gasteiger partial charge in [0.05, 0.1) is 18.7 Å². The first-order chi connectivity index (χ1) is 11.0. The molecule has 4 rings (SSSR count). The van der Waals surface area contributed by atoms with Crippen LogP contribution in [0.15, 0.2) is 42.0 Å². The van der Waals surface area contributed by atoms with Crippen LogP contribution in [0.4, 0.5) is 0 Å². The van der Waals surface area contributed by atoms with Gasteiger partial charge in [-0.3, -0.25) is 9.69 Å². The van der Waals surface area contributed by atoms with E-state index in [0.717, 1.165) is 12.1 Å². The summed E-state index contributed by atoms with van der Waals surface area (Å²) >= 11 is 0. The lowest BCUT2D eigenvalue weighted by Gasteiger charge is -2.52. The average molecular weight is 315 g/mol. The number of esters is 1. The fourth-order valence-corrected chi connectivity index (χ4v) is 3.80. The van der Waals surface area contributed by atoms with Crippen LogP contribution in [0.2, 0.25) is 0 Å². The molecule has 0 saturated carbocycles. The fraction of sp³-hybridized carbons (Fsp3) is 0.444. The molecule has 1 N–H and O–H groups in total. The van der Waals surface area contributed by atoms with Crippen LogP contribution >= 0.6 is 0 Å². The van der Waals surface area contributed by atoms with Crippen LogP contribution in [-0.2, 0) is 20.9 Å². The number of hydrogen-bond donors (Lipinski definition) is 1. The number of hydrogen-bond acceptors (Lipinski definition) is 5. The highest BCUT2D eigenvalue weighted by Gasteiger charge is 2.55. The van der Waals surface area contributed by atoms with Gasteiger partial charge < -0.3 is 9.84 Å². The number of ketones is 1. The van der Waals surface area contributed by atoms with Gasteiger partial charge in [0, 0.05) is 13.1 Å². The summed E-state index contributed by atoms with van der Waals surface area (Å²) in [5.41, 5.74) is -0.0607. The molecule has 5 heteroatoms. The minimum absolute atomic E-state index is 0.0355. The van der Waals surface area contributed by atoms with E-state index in [1.165, 1.54) is 14.0 Å². The Morgan fingerprint density at radius 2 is 2.04 bits per heavy atom. The molecule has 23 heavy (non-hydrogen) atoms. The summed E-state index contributed by atoms with van der Waals surface area (Å²) in [5.74, 6) is -0.816. The molecule has 0 amide bonds. The van der Waals surface area contributed by atoms with E-state index in [-0.39, 0.29) is 11.7 Å². The molecule has 1 aromatic carbocycles. The molecule has 2 heterocycles. The summed E-state index contributed by atoms with van der Waals surface area (Å²) in [6, 6.07) is 9.18. The highest BCUT2D eigenvalue weighted by molar-refractivity contribution is 5.95. The first kappa shape index (κ1) is 15.9. The van der Waals surface area contributed by atoms with Crippen molar-refractivity contribution in [3.63, 3.8) is 0 Å². The van der Waals surface area contributed by atoms with E-state index in [0.29, 0.717) is 18.5 Å². The van der Waals surface area contributed by atoms with Crippen LogP contribution in [0, 0.1) is 5.92 Å². The van der Waals surface area contributed by atoms with Crippen LogP contribution in [0.3, 0.4) is 0 Å². The number of piperidine rings is 1. The third-order valence-corrected chi connectivity index (χ3v) is 4.83. The Morgan fingerprint density at radius 1 is 1.35 bits per heavy atom. The van der Waals surface area contributed by atoms with Gasteiger partial charge in [0.15, 0.2) is 5.78 Å². The molecule has 0 spiro atoms. The standard InChI is InChI=1S/C18H21NO4/c1-12(20)18(22)9-14-8-15(17(21)23-2)16(18)19(11-14)10-13-6-4-3-5-7-13/h3-8,14,16,22H,9-11H2,1-2H3. The zero-order valence-electron chi connectivity index (χ0n) is 13.4. The molecule has 0 aromatic heterocycles. The number of carbonyl (C=O) groups is 2. The number of fused-ring (bicyclic) bond motifs is 2. The first-order valence-electron chi connectivity index (χ1n) is 7.77. The Labute approximate surface area is 135 Å². The summed E-state index contributed by atoms with van der Waals surface area (Å²) in [6.45, 7) is 2.68. The Kier molecular flexibility index (Phi) is 4.08. The van der Waals surface area contributed by atoms with Crippen molar-refractivity contribution in [2.45, 2.75) is 31.5 Å². The van der Waals surface area contributed by atoms with E-state index in [2.05, 4.69) is 0 Å². The van der Waals surface area contributed by atoms with Crippen LogP contribution in [0.25, 0.3) is 0 Å². The average Bonchev–Trinajstić information content (AvgIpc) is 2.54. The fourth-order valence-electron chi connectivity index (χ4n) is 3.80. The second-order valence-electron chi connectivity index (χ2n) is 6.38. The van der Waals surface area contributed by atoms with Crippen molar-refractivity contribution in [3.05, 3.63) is 47.5 Å². The van der Waals surface area contributed by atoms with Crippen LogP contribution in [0.1, 0.15) is 18.9 Å². The van der Waals surface area contributed by atoms with Crippen molar-refractivity contribution in [2.75, 3.05) is 13.7 Å². The Hall–Kier alpha value is -1.98. The Balaban J connectivity index is 1.97. The number of nitrogens with zero attached hydrogens (tertiary/aromatic N) is 1. The first-order valence-corrected chi connectivity index (χ1v) is 7.77. The van der Waals surface area contributed by atoms with Crippen molar-refractivity contribution < 1.29 is 19.4 Å². The van der Waals surface area contributed by atoms with E-state index >= 15 is 0 Å². The summed E-state index contributed by atoms with van der Waals surface area (Å²) < 4.78 is 4.86. The number of rotatable bonds is 4. The highest BCUT2D eigenvalue weighted by atomic mass is 16.5. The molecule has 2 aliphatic heterocycles. The van der Waals surface area contributed by atoms with Crippen molar-refractivity contribution in [2.24, 2.45) is 5.92 Å². The molecule has 2 bridgehead atoms. The minimum Gasteiger partial charge on any atom is -0.466 e. The summed E-state index contributed by atoms with van der Waals surface area (Å²) in [5, 5.41) is 11.0. The molecule has 3 atom stereocenters. The van der Waals surface area contributed by atoms with E-state index in [1.54, 1.807) is 0 Å². The van der Waals surface area contributed by atoms with Crippen LogP contribution in [-0.4, -0.2) is 47.1 Å². The third kappa shape index (κ3) is 2.71. The normalized spacial score (nSPS) is 30.0. The zero-order valence-corrected chi connectivity index (χ0v) is 13.4. The van der Waals surface area contributed by atoms with Crippen molar-refractivity contribution in [3.8, 4) is 0 Å². The Morgan fingerprint density at radius 3 is 2.65 bits per heavy atom. The molecule has 3 aliphatic rings. The van der Waals surface area contributed by atoms with E-state index in [4.69, 9.17) is 4.74 Å². The molecular weight excluding hydrogens is 294 g/mol. The molecule has 0 radical (unpaired) electrons. The number of aliphatic hydroxyl groups is 1. The van der Waals surface area contributed by atoms with E-state index in [1.807, 2.05) is 41.3 Å². The SMILES string of the molecule is COC(=O)C1=CC2CN(Cc3ccccc3)C1C(O)(C(C)=O)C2. The number of methoxy groups -OCH3 is 1. The predicted molar refractivity (Wildman–Crippen MR) is 84.5 cm³/mol. The molecule has 1 aliphatic carbocycles. The van der Waals surface area contributed by atoms with Crippen LogP contribution < -0.4 is 0 Å². The molecule has 1 saturated heterocycles. The van der Waals surface area contributed by atoms with Gasteiger partial charge >= 0.3 is 5.97 Å². The van der Waals surface area contributed by atoms with Gasteiger partial charge in [0.25, 0.3) is 0 Å². The molecule has 1 fully saturated rings. The van der Waals surface area contributed by atoms with Gasteiger partial charge in [-0.25, -0.2) is 4.79 Å². The van der Waals surface area contributed by atoms with Crippen molar-refractivity contribution in [1.82, 2.24) is 4.90 Å².